The fourth-order valence-corrected chi connectivity index (χ4v) is 1.98. The van der Waals surface area contributed by atoms with Gasteiger partial charge in [0.05, 0.1) is 7.11 Å². The van der Waals surface area contributed by atoms with E-state index in [1.165, 1.54) is 18.4 Å². The number of hydrogen-bond acceptors (Lipinski definition) is 2. The molecule has 1 aromatic carbocycles. The van der Waals surface area contributed by atoms with Crippen molar-refractivity contribution in [2.45, 2.75) is 44.7 Å². The van der Waals surface area contributed by atoms with Crippen LogP contribution in [-0.4, -0.2) is 19.2 Å². The van der Waals surface area contributed by atoms with E-state index < -0.39 is 0 Å². The van der Waals surface area contributed by atoms with Crippen molar-refractivity contribution in [3.63, 3.8) is 0 Å². The molecule has 0 amide bonds. The predicted molar refractivity (Wildman–Crippen MR) is 67.0 cm³/mol. The van der Waals surface area contributed by atoms with Crippen molar-refractivity contribution in [3.8, 4) is 5.75 Å². The molecular formula is C14H21NO. The summed E-state index contributed by atoms with van der Waals surface area (Å²) in [7, 11) is 1.72. The van der Waals surface area contributed by atoms with E-state index in [9.17, 15) is 0 Å². The van der Waals surface area contributed by atoms with Crippen LogP contribution in [0.1, 0.15) is 38.2 Å². The number of hydrogen-bond donors (Lipinski definition) is 1. The van der Waals surface area contributed by atoms with E-state index >= 15 is 0 Å². The van der Waals surface area contributed by atoms with E-state index in [-0.39, 0.29) is 0 Å². The Kier molecular flexibility index (Phi) is 3.49. The molecule has 0 bridgehead atoms. The van der Waals surface area contributed by atoms with Gasteiger partial charge in [-0.2, -0.15) is 0 Å². The van der Waals surface area contributed by atoms with Gasteiger partial charge in [-0.15, -0.1) is 0 Å². The van der Waals surface area contributed by atoms with Gasteiger partial charge in [0.15, 0.2) is 0 Å². The van der Waals surface area contributed by atoms with Crippen LogP contribution in [0.4, 0.5) is 0 Å². The first kappa shape index (κ1) is 11.5. The van der Waals surface area contributed by atoms with Crippen molar-refractivity contribution in [1.82, 2.24) is 5.32 Å². The lowest BCUT2D eigenvalue weighted by atomic mass is 9.94. The summed E-state index contributed by atoms with van der Waals surface area (Å²) in [5, 5.41) is 3.65. The number of benzene rings is 1. The molecule has 1 aromatic rings. The normalized spacial score (nSPS) is 19.2. The Labute approximate surface area is 98.0 Å². The van der Waals surface area contributed by atoms with Gasteiger partial charge >= 0.3 is 0 Å². The van der Waals surface area contributed by atoms with Gasteiger partial charge < -0.3 is 10.1 Å². The van der Waals surface area contributed by atoms with Gasteiger partial charge in [0.25, 0.3) is 0 Å². The Morgan fingerprint density at radius 3 is 2.69 bits per heavy atom. The van der Waals surface area contributed by atoms with Crippen LogP contribution < -0.4 is 10.1 Å². The Hall–Kier alpha value is -1.02. The summed E-state index contributed by atoms with van der Waals surface area (Å²) in [6, 6.07) is 9.67. The lowest BCUT2D eigenvalue weighted by molar-refractivity contribution is 0.412. The second-order valence-corrected chi connectivity index (χ2v) is 4.79. The van der Waals surface area contributed by atoms with E-state index in [4.69, 9.17) is 4.74 Å². The Morgan fingerprint density at radius 2 is 2.06 bits per heavy atom. The molecular weight excluding hydrogens is 198 g/mol. The summed E-state index contributed by atoms with van der Waals surface area (Å²) in [4.78, 5) is 0. The minimum Gasteiger partial charge on any atom is -0.497 e. The Bertz CT molecular complexity index is 346. The minimum atomic E-state index is 0.524. The first-order chi connectivity index (χ1) is 7.70. The highest BCUT2D eigenvalue weighted by molar-refractivity contribution is 5.31. The average Bonchev–Trinajstić information content (AvgIpc) is 3.12. The van der Waals surface area contributed by atoms with Crippen molar-refractivity contribution in [1.29, 1.82) is 0 Å². The lowest BCUT2D eigenvalue weighted by Gasteiger charge is -2.22. The van der Waals surface area contributed by atoms with Crippen LogP contribution in [0.2, 0.25) is 0 Å². The van der Waals surface area contributed by atoms with Crippen molar-refractivity contribution in [2.24, 2.45) is 0 Å². The number of nitrogens with one attached hydrogen (secondary N) is 1. The molecule has 2 unspecified atom stereocenters. The highest BCUT2D eigenvalue weighted by Gasteiger charge is 2.25. The molecule has 0 spiro atoms. The van der Waals surface area contributed by atoms with Gasteiger partial charge in [0.1, 0.15) is 5.75 Å². The van der Waals surface area contributed by atoms with E-state index in [0.717, 1.165) is 11.8 Å². The molecule has 2 atom stereocenters. The van der Waals surface area contributed by atoms with Gasteiger partial charge in [-0.05, 0) is 43.4 Å². The first-order valence-corrected chi connectivity index (χ1v) is 6.10. The molecule has 1 aliphatic carbocycles. The molecule has 2 rings (SSSR count). The molecule has 0 heterocycles. The third-order valence-corrected chi connectivity index (χ3v) is 3.45. The van der Waals surface area contributed by atoms with E-state index in [0.29, 0.717) is 12.0 Å². The molecule has 1 fully saturated rings. The van der Waals surface area contributed by atoms with Crippen LogP contribution in [0.3, 0.4) is 0 Å². The lowest BCUT2D eigenvalue weighted by Crippen LogP contribution is -2.32. The maximum Gasteiger partial charge on any atom is 0.119 e. The Morgan fingerprint density at radius 1 is 1.31 bits per heavy atom. The van der Waals surface area contributed by atoms with Crippen LogP contribution >= 0.6 is 0 Å². The molecule has 1 N–H and O–H groups in total. The number of ether oxygens (including phenoxy) is 1. The molecule has 0 radical (unpaired) electrons. The van der Waals surface area contributed by atoms with Crippen LogP contribution in [-0.2, 0) is 0 Å². The summed E-state index contributed by atoms with van der Waals surface area (Å²) in [5.74, 6) is 1.47. The molecule has 1 saturated carbocycles. The first-order valence-electron chi connectivity index (χ1n) is 6.10. The molecule has 1 aliphatic rings. The molecule has 88 valence electrons. The summed E-state index contributed by atoms with van der Waals surface area (Å²) < 4.78 is 5.26. The maximum atomic E-state index is 5.26. The number of rotatable bonds is 5. The molecule has 0 aromatic heterocycles. The second-order valence-electron chi connectivity index (χ2n) is 4.79. The molecule has 2 nitrogen and oxygen atoms in total. The number of methoxy groups -OCH3 is 1. The van der Waals surface area contributed by atoms with Crippen molar-refractivity contribution < 1.29 is 4.74 Å². The van der Waals surface area contributed by atoms with Gasteiger partial charge in [-0.1, -0.05) is 19.1 Å². The predicted octanol–water partition coefficient (Wildman–Crippen LogP) is 2.94. The molecule has 2 heteroatoms. The van der Waals surface area contributed by atoms with E-state index in [1.807, 2.05) is 6.07 Å². The highest BCUT2D eigenvalue weighted by atomic mass is 16.5. The van der Waals surface area contributed by atoms with E-state index in [2.05, 4.69) is 37.4 Å². The summed E-state index contributed by atoms with van der Waals surface area (Å²) in [6.45, 7) is 4.54. The molecule has 0 aliphatic heterocycles. The topological polar surface area (TPSA) is 21.3 Å². The van der Waals surface area contributed by atoms with Crippen LogP contribution in [0.15, 0.2) is 24.3 Å². The zero-order valence-corrected chi connectivity index (χ0v) is 10.4. The zero-order chi connectivity index (χ0) is 11.5. The van der Waals surface area contributed by atoms with Gasteiger partial charge in [-0.25, -0.2) is 0 Å². The SMILES string of the molecule is COc1cccc(C(C)C(C)NC2CC2)c1. The largest absolute Gasteiger partial charge is 0.497 e. The minimum absolute atomic E-state index is 0.524. The average molecular weight is 219 g/mol. The quantitative estimate of drug-likeness (QED) is 0.822. The summed E-state index contributed by atoms with van der Waals surface area (Å²) in [5.41, 5.74) is 1.35. The maximum absolute atomic E-state index is 5.26. The standard InChI is InChI=1S/C14H21NO/c1-10(11(2)15-13-7-8-13)12-5-4-6-14(9-12)16-3/h4-6,9-11,13,15H,7-8H2,1-3H3. The van der Waals surface area contributed by atoms with Crippen LogP contribution in [0.25, 0.3) is 0 Å². The van der Waals surface area contributed by atoms with Crippen LogP contribution in [0.5, 0.6) is 5.75 Å². The van der Waals surface area contributed by atoms with Gasteiger partial charge in [0.2, 0.25) is 0 Å². The van der Waals surface area contributed by atoms with Gasteiger partial charge in [-0.3, -0.25) is 0 Å². The second kappa shape index (κ2) is 4.88. The third kappa shape index (κ3) is 2.76. The van der Waals surface area contributed by atoms with Crippen molar-refractivity contribution in [3.05, 3.63) is 29.8 Å². The summed E-state index contributed by atoms with van der Waals surface area (Å²) in [6.07, 6.45) is 2.68. The fourth-order valence-electron chi connectivity index (χ4n) is 1.98. The fraction of sp³-hybridized carbons (Fsp3) is 0.571. The van der Waals surface area contributed by atoms with Crippen molar-refractivity contribution in [2.75, 3.05) is 7.11 Å². The monoisotopic (exact) mass is 219 g/mol. The molecule has 0 saturated heterocycles. The Balaban J connectivity index is 2.02. The molecule has 16 heavy (non-hydrogen) atoms. The van der Waals surface area contributed by atoms with E-state index in [1.54, 1.807) is 7.11 Å². The van der Waals surface area contributed by atoms with Gasteiger partial charge in [0, 0.05) is 12.1 Å². The van der Waals surface area contributed by atoms with Crippen molar-refractivity contribution >= 4 is 0 Å². The highest BCUT2D eigenvalue weighted by Crippen LogP contribution is 2.26. The third-order valence-electron chi connectivity index (χ3n) is 3.45. The smallest absolute Gasteiger partial charge is 0.119 e. The zero-order valence-electron chi connectivity index (χ0n) is 10.4. The summed E-state index contributed by atoms with van der Waals surface area (Å²) >= 11 is 0. The van der Waals surface area contributed by atoms with Crippen LogP contribution in [0, 0.1) is 0 Å².